The van der Waals surface area contributed by atoms with Gasteiger partial charge in [0.25, 0.3) is 0 Å². The van der Waals surface area contributed by atoms with Crippen molar-refractivity contribution >= 4 is 26.9 Å². The molecule has 0 amide bonds. The predicted molar refractivity (Wildman–Crippen MR) is 82.0 cm³/mol. The molecule has 0 spiro atoms. The van der Waals surface area contributed by atoms with Crippen molar-refractivity contribution in [1.82, 2.24) is 9.78 Å². The molecule has 0 saturated carbocycles. The summed E-state index contributed by atoms with van der Waals surface area (Å²) in [6, 6.07) is 4.14. The first-order valence-electron chi connectivity index (χ1n) is 6.60. The molecule has 118 valence electrons. The van der Waals surface area contributed by atoms with Gasteiger partial charge in [0.1, 0.15) is 10.6 Å². The van der Waals surface area contributed by atoms with Crippen molar-refractivity contribution in [2.24, 2.45) is 0 Å². The van der Waals surface area contributed by atoms with E-state index in [0.29, 0.717) is 5.69 Å². The Hall–Kier alpha value is -2.42. The molecule has 2 rings (SSSR count). The highest BCUT2D eigenvalue weighted by Crippen LogP contribution is 2.33. The lowest BCUT2D eigenvalue weighted by molar-refractivity contribution is -0.386. The van der Waals surface area contributed by atoms with Gasteiger partial charge in [-0.3, -0.25) is 14.8 Å². The zero-order chi connectivity index (χ0) is 16.3. The molecule has 0 aliphatic rings. The molecule has 0 aliphatic carbocycles. The fraction of sp³-hybridized carbons (Fsp3) is 0.308. The maximum absolute atomic E-state index is 11.7. The van der Waals surface area contributed by atoms with E-state index in [9.17, 15) is 18.5 Å². The monoisotopic (exact) mass is 324 g/mol. The number of rotatable bonds is 6. The molecule has 0 aliphatic heterocycles. The molecule has 8 nitrogen and oxygen atoms in total. The molecular weight excluding hydrogens is 308 g/mol. The van der Waals surface area contributed by atoms with Crippen LogP contribution in [0.3, 0.4) is 0 Å². The number of hydrogen-bond donors (Lipinski definition) is 1. The zero-order valence-electron chi connectivity index (χ0n) is 12.2. The van der Waals surface area contributed by atoms with Gasteiger partial charge in [0, 0.05) is 19.0 Å². The highest BCUT2D eigenvalue weighted by molar-refractivity contribution is 7.90. The van der Waals surface area contributed by atoms with Gasteiger partial charge >= 0.3 is 5.69 Å². The van der Waals surface area contributed by atoms with E-state index in [1.165, 1.54) is 24.4 Å². The summed E-state index contributed by atoms with van der Waals surface area (Å²) >= 11 is 0. The van der Waals surface area contributed by atoms with Crippen molar-refractivity contribution in [3.63, 3.8) is 0 Å². The Labute approximate surface area is 127 Å². The molecule has 0 atom stereocenters. The Morgan fingerprint density at radius 1 is 1.41 bits per heavy atom. The number of aryl methyl sites for hydroxylation is 1. The Bertz CT molecular complexity index is 798. The minimum absolute atomic E-state index is 0.115. The van der Waals surface area contributed by atoms with Crippen LogP contribution in [0.15, 0.2) is 35.5 Å². The standard InChI is InChI=1S/C13H16N4O4S/c1-3-7-16-9-10(8-14-16)15-11-5-4-6-12(22(2,20)21)13(11)17(18)19/h4-6,8-9,15H,3,7H2,1-2H3. The molecule has 1 N–H and O–H groups in total. The van der Waals surface area contributed by atoms with E-state index >= 15 is 0 Å². The molecule has 1 aromatic heterocycles. The van der Waals surface area contributed by atoms with Gasteiger partial charge in [-0.1, -0.05) is 13.0 Å². The third-order valence-corrected chi connectivity index (χ3v) is 4.07. The number of nitrogens with zero attached hydrogens (tertiary/aromatic N) is 3. The van der Waals surface area contributed by atoms with Gasteiger partial charge in [-0.05, 0) is 18.6 Å². The molecule has 1 aromatic carbocycles. The van der Waals surface area contributed by atoms with E-state index < -0.39 is 20.4 Å². The summed E-state index contributed by atoms with van der Waals surface area (Å²) in [5.74, 6) is 0. The fourth-order valence-electron chi connectivity index (χ4n) is 2.05. The molecule has 0 saturated heterocycles. The highest BCUT2D eigenvalue weighted by atomic mass is 32.2. The molecule has 22 heavy (non-hydrogen) atoms. The van der Waals surface area contributed by atoms with Crippen LogP contribution in [-0.4, -0.2) is 29.4 Å². The maximum Gasteiger partial charge on any atom is 0.311 e. The SMILES string of the molecule is CCCn1cc(Nc2cccc(S(C)(=O)=O)c2[N+](=O)[O-])cn1. The number of para-hydroxylation sites is 1. The molecule has 9 heteroatoms. The molecule has 1 heterocycles. The summed E-state index contributed by atoms with van der Waals surface area (Å²) in [5.41, 5.74) is 0.208. The second-order valence-electron chi connectivity index (χ2n) is 4.80. The van der Waals surface area contributed by atoms with Crippen LogP contribution in [0.1, 0.15) is 13.3 Å². The average molecular weight is 324 g/mol. The molecule has 2 aromatic rings. The second kappa shape index (κ2) is 6.14. The normalized spacial score (nSPS) is 11.4. The quantitative estimate of drug-likeness (QED) is 0.645. The summed E-state index contributed by atoms with van der Waals surface area (Å²) in [6.45, 7) is 2.74. The number of nitro groups is 1. The van der Waals surface area contributed by atoms with Crippen LogP contribution in [0, 0.1) is 10.1 Å². The number of aromatic nitrogens is 2. The van der Waals surface area contributed by atoms with Crippen LogP contribution in [0.25, 0.3) is 0 Å². The predicted octanol–water partition coefficient (Wildman–Crippen LogP) is 2.35. The number of benzene rings is 1. The summed E-state index contributed by atoms with van der Waals surface area (Å²) in [4.78, 5) is 10.3. The summed E-state index contributed by atoms with van der Waals surface area (Å²) < 4.78 is 25.1. The fourth-order valence-corrected chi connectivity index (χ4v) is 2.91. The van der Waals surface area contributed by atoms with Gasteiger partial charge in [0.05, 0.1) is 16.8 Å². The van der Waals surface area contributed by atoms with Gasteiger partial charge in [0.15, 0.2) is 9.84 Å². The van der Waals surface area contributed by atoms with Gasteiger partial charge in [0.2, 0.25) is 0 Å². The number of hydrogen-bond acceptors (Lipinski definition) is 6. The van der Waals surface area contributed by atoms with Crippen molar-refractivity contribution in [2.45, 2.75) is 24.8 Å². The molecule has 0 bridgehead atoms. The van der Waals surface area contributed by atoms with Crippen LogP contribution in [0.5, 0.6) is 0 Å². The minimum atomic E-state index is -3.70. The maximum atomic E-state index is 11.7. The first kappa shape index (κ1) is 16.0. The first-order valence-corrected chi connectivity index (χ1v) is 8.49. The number of nitro benzene ring substituents is 1. The summed E-state index contributed by atoms with van der Waals surface area (Å²) in [7, 11) is -3.70. The average Bonchev–Trinajstić information content (AvgIpc) is 2.85. The lowest BCUT2D eigenvalue weighted by Crippen LogP contribution is -2.05. The molecule has 0 unspecified atom stereocenters. The van der Waals surface area contributed by atoms with Crippen LogP contribution in [-0.2, 0) is 16.4 Å². The van der Waals surface area contributed by atoms with Gasteiger partial charge in [-0.25, -0.2) is 8.42 Å². The largest absolute Gasteiger partial charge is 0.347 e. The minimum Gasteiger partial charge on any atom is -0.347 e. The van der Waals surface area contributed by atoms with Crippen LogP contribution in [0.2, 0.25) is 0 Å². The van der Waals surface area contributed by atoms with E-state index in [2.05, 4.69) is 10.4 Å². The summed E-state index contributed by atoms with van der Waals surface area (Å²) in [6.07, 6.45) is 5.09. The van der Waals surface area contributed by atoms with Crippen LogP contribution < -0.4 is 5.32 Å². The third-order valence-electron chi connectivity index (χ3n) is 2.95. The Kier molecular flexibility index (Phi) is 4.45. The van der Waals surface area contributed by atoms with Gasteiger partial charge < -0.3 is 5.32 Å². The number of nitrogens with one attached hydrogen (secondary N) is 1. The lowest BCUT2D eigenvalue weighted by Gasteiger charge is -2.07. The topological polar surface area (TPSA) is 107 Å². The summed E-state index contributed by atoms with van der Waals surface area (Å²) in [5, 5.41) is 18.2. The van der Waals surface area contributed by atoms with E-state index in [-0.39, 0.29) is 10.6 Å². The smallest absolute Gasteiger partial charge is 0.311 e. The van der Waals surface area contributed by atoms with Crippen molar-refractivity contribution in [3.8, 4) is 0 Å². The van der Waals surface area contributed by atoms with Gasteiger partial charge in [-0.15, -0.1) is 0 Å². The lowest BCUT2D eigenvalue weighted by atomic mass is 10.2. The highest BCUT2D eigenvalue weighted by Gasteiger charge is 2.26. The first-order chi connectivity index (χ1) is 10.3. The van der Waals surface area contributed by atoms with Crippen molar-refractivity contribution in [2.75, 3.05) is 11.6 Å². The Morgan fingerprint density at radius 2 is 2.14 bits per heavy atom. The number of sulfone groups is 1. The molecule has 0 fully saturated rings. The van der Waals surface area contributed by atoms with E-state index in [0.717, 1.165) is 19.2 Å². The number of anilines is 2. The van der Waals surface area contributed by atoms with Crippen molar-refractivity contribution in [1.29, 1.82) is 0 Å². The molecular formula is C13H16N4O4S. The van der Waals surface area contributed by atoms with Crippen molar-refractivity contribution in [3.05, 3.63) is 40.7 Å². The van der Waals surface area contributed by atoms with E-state index in [1.807, 2.05) is 6.92 Å². The third kappa shape index (κ3) is 3.42. The Morgan fingerprint density at radius 3 is 2.73 bits per heavy atom. The van der Waals surface area contributed by atoms with E-state index in [1.54, 1.807) is 10.9 Å². The van der Waals surface area contributed by atoms with Crippen LogP contribution in [0.4, 0.5) is 17.1 Å². The van der Waals surface area contributed by atoms with Crippen LogP contribution >= 0.6 is 0 Å². The van der Waals surface area contributed by atoms with E-state index in [4.69, 9.17) is 0 Å². The molecule has 0 radical (unpaired) electrons. The van der Waals surface area contributed by atoms with Crippen molar-refractivity contribution < 1.29 is 13.3 Å². The van der Waals surface area contributed by atoms with Gasteiger partial charge in [-0.2, -0.15) is 5.10 Å². The zero-order valence-corrected chi connectivity index (χ0v) is 13.0. The second-order valence-corrected chi connectivity index (χ2v) is 6.78. The Balaban J connectivity index is 2.44.